The molecule has 0 bridgehead atoms. The summed E-state index contributed by atoms with van der Waals surface area (Å²) in [4.78, 5) is 2.35. The minimum atomic E-state index is 0.258. The van der Waals surface area contributed by atoms with E-state index < -0.39 is 0 Å². The fraction of sp³-hybridized carbons (Fsp3) is 0.364. The van der Waals surface area contributed by atoms with Crippen molar-refractivity contribution in [2.24, 2.45) is 5.10 Å². The summed E-state index contributed by atoms with van der Waals surface area (Å²) in [6, 6.07) is 18.9. The molecular weight excluding hydrogens is 368 g/mol. The minimum Gasteiger partial charge on any atom is -0.376 e. The van der Waals surface area contributed by atoms with E-state index in [4.69, 9.17) is 17.0 Å². The van der Waals surface area contributed by atoms with Crippen molar-refractivity contribution in [3.8, 4) is 0 Å². The Bertz CT molecular complexity index is 758. The number of hydrazone groups is 1. The van der Waals surface area contributed by atoms with Gasteiger partial charge >= 0.3 is 0 Å². The lowest BCUT2D eigenvalue weighted by atomic mass is 10.1. The van der Waals surface area contributed by atoms with Crippen LogP contribution in [0.2, 0.25) is 0 Å². The Labute approximate surface area is 172 Å². The predicted octanol–water partition coefficient (Wildman–Crippen LogP) is 3.69. The number of anilines is 1. The zero-order chi connectivity index (χ0) is 19.6. The normalized spacial score (nSPS) is 16.2. The molecule has 1 aliphatic heterocycles. The molecule has 0 aliphatic carbocycles. The van der Waals surface area contributed by atoms with Gasteiger partial charge in [0.2, 0.25) is 0 Å². The summed E-state index contributed by atoms with van der Waals surface area (Å²) in [5, 5.41) is 7.87. The molecule has 1 aliphatic rings. The number of hydrogen-bond acceptors (Lipinski definition) is 4. The van der Waals surface area contributed by atoms with Crippen molar-refractivity contribution >= 4 is 29.2 Å². The van der Waals surface area contributed by atoms with Gasteiger partial charge in [0.1, 0.15) is 0 Å². The van der Waals surface area contributed by atoms with Gasteiger partial charge in [-0.2, -0.15) is 5.10 Å². The molecule has 1 heterocycles. The van der Waals surface area contributed by atoms with Crippen LogP contribution in [0.15, 0.2) is 59.7 Å². The molecule has 1 unspecified atom stereocenters. The second kappa shape index (κ2) is 10.8. The first-order valence-corrected chi connectivity index (χ1v) is 10.2. The van der Waals surface area contributed by atoms with Crippen LogP contribution >= 0.6 is 12.2 Å². The Hall–Kier alpha value is -2.44. The summed E-state index contributed by atoms with van der Waals surface area (Å²) < 4.78 is 5.56. The summed E-state index contributed by atoms with van der Waals surface area (Å²) in [5.41, 5.74) is 6.39. The zero-order valence-corrected chi connectivity index (χ0v) is 17.1. The fourth-order valence-electron chi connectivity index (χ4n) is 3.18. The van der Waals surface area contributed by atoms with E-state index >= 15 is 0 Å². The molecule has 0 amide bonds. The highest BCUT2D eigenvalue weighted by Crippen LogP contribution is 2.17. The summed E-state index contributed by atoms with van der Waals surface area (Å²) in [5.74, 6) is 0. The second-order valence-corrected chi connectivity index (χ2v) is 7.21. The first-order valence-electron chi connectivity index (χ1n) is 9.82. The highest BCUT2D eigenvalue weighted by molar-refractivity contribution is 7.80. The quantitative estimate of drug-likeness (QED) is 0.405. The van der Waals surface area contributed by atoms with Crippen LogP contribution in [-0.2, 0) is 11.3 Å². The predicted molar refractivity (Wildman–Crippen MR) is 120 cm³/mol. The zero-order valence-electron chi connectivity index (χ0n) is 16.3. The van der Waals surface area contributed by atoms with Gasteiger partial charge in [0.25, 0.3) is 0 Å². The number of rotatable bonds is 8. The molecule has 28 heavy (non-hydrogen) atoms. The Balaban J connectivity index is 1.47. The van der Waals surface area contributed by atoms with Gasteiger partial charge in [-0.05, 0) is 55.2 Å². The van der Waals surface area contributed by atoms with Crippen LogP contribution in [0.25, 0.3) is 0 Å². The topological polar surface area (TPSA) is 48.9 Å². The fourth-order valence-corrected chi connectivity index (χ4v) is 3.31. The van der Waals surface area contributed by atoms with Gasteiger partial charge in [-0.3, -0.25) is 5.43 Å². The molecule has 0 saturated carbocycles. The highest BCUT2D eigenvalue weighted by Gasteiger charge is 2.15. The van der Waals surface area contributed by atoms with Crippen molar-refractivity contribution in [3.05, 3.63) is 65.7 Å². The van der Waals surface area contributed by atoms with Crippen LogP contribution in [0.5, 0.6) is 0 Å². The van der Waals surface area contributed by atoms with E-state index in [0.717, 1.165) is 44.6 Å². The standard InChI is InChI=1S/C22H28N4OS/c1-2-26(17-19-7-4-3-5-8-19)20-12-10-18(11-13-20)15-24-25-22(28)23-16-21-9-6-14-27-21/h3-5,7-8,10-13,15,21H,2,6,9,14,16-17H2,1H3,(H2,23,25,28). The molecule has 1 saturated heterocycles. The molecule has 1 atom stereocenters. The molecule has 0 radical (unpaired) electrons. The molecule has 0 aromatic heterocycles. The maximum absolute atomic E-state index is 5.56. The average molecular weight is 397 g/mol. The third-order valence-electron chi connectivity index (χ3n) is 4.75. The van der Waals surface area contributed by atoms with Crippen molar-refractivity contribution in [2.45, 2.75) is 32.4 Å². The highest BCUT2D eigenvalue weighted by atomic mass is 32.1. The van der Waals surface area contributed by atoms with Crippen LogP contribution in [-0.4, -0.2) is 37.1 Å². The Morgan fingerprint density at radius 3 is 2.68 bits per heavy atom. The van der Waals surface area contributed by atoms with E-state index in [-0.39, 0.29) is 6.10 Å². The Morgan fingerprint density at radius 1 is 1.21 bits per heavy atom. The molecule has 1 fully saturated rings. The number of hydrogen-bond donors (Lipinski definition) is 2. The van der Waals surface area contributed by atoms with Crippen LogP contribution in [0, 0.1) is 0 Å². The largest absolute Gasteiger partial charge is 0.376 e. The van der Waals surface area contributed by atoms with Crippen molar-refractivity contribution in [1.29, 1.82) is 0 Å². The van der Waals surface area contributed by atoms with Crippen molar-refractivity contribution in [3.63, 3.8) is 0 Å². The third kappa shape index (κ3) is 6.32. The molecule has 6 heteroatoms. The van der Waals surface area contributed by atoms with E-state index in [1.165, 1.54) is 11.3 Å². The van der Waals surface area contributed by atoms with E-state index in [2.05, 4.69) is 76.2 Å². The van der Waals surface area contributed by atoms with E-state index in [1.807, 2.05) is 6.07 Å². The van der Waals surface area contributed by atoms with E-state index in [0.29, 0.717) is 5.11 Å². The molecule has 3 rings (SSSR count). The number of nitrogens with zero attached hydrogens (tertiary/aromatic N) is 2. The van der Waals surface area contributed by atoms with Gasteiger partial charge in [0.05, 0.1) is 12.3 Å². The Morgan fingerprint density at radius 2 is 2.00 bits per heavy atom. The number of nitrogens with one attached hydrogen (secondary N) is 2. The van der Waals surface area contributed by atoms with Gasteiger partial charge in [-0.15, -0.1) is 0 Å². The van der Waals surface area contributed by atoms with Crippen LogP contribution in [0.3, 0.4) is 0 Å². The summed E-state index contributed by atoms with van der Waals surface area (Å²) in [7, 11) is 0. The van der Waals surface area contributed by atoms with E-state index in [9.17, 15) is 0 Å². The van der Waals surface area contributed by atoms with Crippen molar-refractivity contribution < 1.29 is 4.74 Å². The van der Waals surface area contributed by atoms with Crippen molar-refractivity contribution in [2.75, 3.05) is 24.6 Å². The molecule has 2 aromatic rings. The molecule has 2 N–H and O–H groups in total. The lowest BCUT2D eigenvalue weighted by Gasteiger charge is -2.23. The molecule has 2 aromatic carbocycles. The third-order valence-corrected chi connectivity index (χ3v) is 4.99. The number of thiocarbonyl (C=S) groups is 1. The van der Waals surface area contributed by atoms with Gasteiger partial charge in [-0.1, -0.05) is 42.5 Å². The van der Waals surface area contributed by atoms with E-state index in [1.54, 1.807) is 6.21 Å². The summed E-state index contributed by atoms with van der Waals surface area (Å²) in [6.07, 6.45) is 4.25. The number of benzene rings is 2. The van der Waals surface area contributed by atoms with Gasteiger partial charge in [0, 0.05) is 31.9 Å². The number of ether oxygens (including phenoxy) is 1. The van der Waals surface area contributed by atoms with Crippen LogP contribution in [0.1, 0.15) is 30.9 Å². The monoisotopic (exact) mass is 396 g/mol. The summed E-state index contributed by atoms with van der Waals surface area (Å²) >= 11 is 5.24. The van der Waals surface area contributed by atoms with Crippen LogP contribution in [0.4, 0.5) is 5.69 Å². The smallest absolute Gasteiger partial charge is 0.187 e. The van der Waals surface area contributed by atoms with Crippen LogP contribution < -0.4 is 15.6 Å². The lowest BCUT2D eigenvalue weighted by molar-refractivity contribution is 0.114. The van der Waals surface area contributed by atoms with Gasteiger partial charge < -0.3 is 15.0 Å². The molecular formula is C22H28N4OS. The van der Waals surface area contributed by atoms with Gasteiger partial charge in [0.15, 0.2) is 5.11 Å². The SMILES string of the molecule is CCN(Cc1ccccc1)c1ccc(C=NNC(=S)NCC2CCCO2)cc1. The average Bonchev–Trinajstić information content (AvgIpc) is 3.26. The molecule has 148 valence electrons. The molecule has 0 spiro atoms. The maximum Gasteiger partial charge on any atom is 0.187 e. The van der Waals surface area contributed by atoms with Crippen molar-refractivity contribution in [1.82, 2.24) is 10.7 Å². The lowest BCUT2D eigenvalue weighted by Crippen LogP contribution is -2.37. The second-order valence-electron chi connectivity index (χ2n) is 6.81. The van der Waals surface area contributed by atoms with Gasteiger partial charge in [-0.25, -0.2) is 0 Å². The molecule has 5 nitrogen and oxygen atoms in total. The summed E-state index contributed by atoms with van der Waals surface area (Å²) in [6.45, 7) is 5.60. The first-order chi connectivity index (χ1) is 13.7. The minimum absolute atomic E-state index is 0.258. The first kappa shape index (κ1) is 20.3. The maximum atomic E-state index is 5.56. The Kier molecular flexibility index (Phi) is 7.82.